The Hall–Kier alpha value is -1.49. The lowest BCUT2D eigenvalue weighted by molar-refractivity contribution is -0.124. The predicted molar refractivity (Wildman–Crippen MR) is 81.8 cm³/mol. The molecule has 2 N–H and O–H groups in total. The summed E-state index contributed by atoms with van der Waals surface area (Å²) in [6.07, 6.45) is 1.18. The van der Waals surface area contributed by atoms with E-state index in [4.69, 9.17) is 0 Å². The predicted octanol–water partition coefficient (Wildman–Crippen LogP) is 2.65. The number of para-hydroxylation sites is 1. The van der Waals surface area contributed by atoms with Crippen molar-refractivity contribution in [1.29, 1.82) is 0 Å². The van der Waals surface area contributed by atoms with Gasteiger partial charge in [-0.25, -0.2) is 0 Å². The highest BCUT2D eigenvalue weighted by Gasteiger charge is 2.28. The van der Waals surface area contributed by atoms with Gasteiger partial charge in [0.1, 0.15) is 0 Å². The fraction of sp³-hybridized carbons (Fsp3) is 0.467. The van der Waals surface area contributed by atoms with Crippen molar-refractivity contribution in [1.82, 2.24) is 5.32 Å². The molecule has 0 fully saturated rings. The molecule has 0 bridgehead atoms. The fourth-order valence-corrected chi connectivity index (χ4v) is 3.08. The maximum Gasteiger partial charge on any atom is 0.238 e. The maximum absolute atomic E-state index is 12.0. The van der Waals surface area contributed by atoms with Crippen LogP contribution in [0.5, 0.6) is 0 Å². The quantitative estimate of drug-likeness (QED) is 0.877. The maximum atomic E-state index is 12.0. The third-order valence-corrected chi connectivity index (χ3v) is 4.40. The van der Waals surface area contributed by atoms with Crippen LogP contribution in [0.15, 0.2) is 29.2 Å². The number of fused-ring (bicyclic) bond motifs is 1. The van der Waals surface area contributed by atoms with E-state index in [0.29, 0.717) is 12.5 Å². The molecular formula is C15H20N2O2S. The van der Waals surface area contributed by atoms with Gasteiger partial charge in [-0.15, -0.1) is 11.8 Å². The second-order valence-corrected chi connectivity index (χ2v) is 6.57. The van der Waals surface area contributed by atoms with Gasteiger partial charge in [-0.3, -0.25) is 9.59 Å². The lowest BCUT2D eigenvalue weighted by Gasteiger charge is -2.23. The topological polar surface area (TPSA) is 58.2 Å². The Labute approximate surface area is 123 Å². The minimum atomic E-state index is -0.344. The Morgan fingerprint density at radius 3 is 2.90 bits per heavy atom. The number of anilines is 1. The number of carbonyl (C=O) groups excluding carboxylic acids is 2. The van der Waals surface area contributed by atoms with Crippen LogP contribution < -0.4 is 10.6 Å². The van der Waals surface area contributed by atoms with E-state index in [1.165, 1.54) is 11.8 Å². The summed E-state index contributed by atoms with van der Waals surface area (Å²) in [5, 5.41) is 5.38. The van der Waals surface area contributed by atoms with Crippen LogP contribution >= 0.6 is 11.8 Å². The van der Waals surface area contributed by atoms with Crippen LogP contribution in [0.25, 0.3) is 0 Å². The molecule has 108 valence electrons. The van der Waals surface area contributed by atoms with Crippen molar-refractivity contribution in [2.45, 2.75) is 36.8 Å². The first-order chi connectivity index (χ1) is 9.56. The van der Waals surface area contributed by atoms with Gasteiger partial charge in [-0.05, 0) is 24.5 Å². The minimum Gasteiger partial charge on any atom is -0.356 e. The summed E-state index contributed by atoms with van der Waals surface area (Å²) in [5.74, 6) is 0.417. The summed E-state index contributed by atoms with van der Waals surface area (Å²) < 4.78 is 0. The molecule has 5 heteroatoms. The van der Waals surface area contributed by atoms with Gasteiger partial charge in [0.25, 0.3) is 0 Å². The van der Waals surface area contributed by atoms with Crippen molar-refractivity contribution in [2.75, 3.05) is 11.9 Å². The lowest BCUT2D eigenvalue weighted by Crippen LogP contribution is -2.35. The zero-order chi connectivity index (χ0) is 14.5. The van der Waals surface area contributed by atoms with E-state index in [1.807, 2.05) is 24.3 Å². The summed E-state index contributed by atoms with van der Waals surface area (Å²) in [4.78, 5) is 24.8. The van der Waals surface area contributed by atoms with Gasteiger partial charge in [0.05, 0.1) is 10.9 Å². The average Bonchev–Trinajstić information content (AvgIpc) is 2.39. The molecule has 0 unspecified atom stereocenters. The lowest BCUT2D eigenvalue weighted by atomic mass is 10.1. The van der Waals surface area contributed by atoms with Crippen LogP contribution in [0.2, 0.25) is 0 Å². The molecule has 0 radical (unpaired) electrons. The van der Waals surface area contributed by atoms with Crippen LogP contribution in [0.4, 0.5) is 5.69 Å². The molecule has 1 aliphatic heterocycles. The van der Waals surface area contributed by atoms with Gasteiger partial charge < -0.3 is 10.6 Å². The second-order valence-electron chi connectivity index (χ2n) is 5.33. The van der Waals surface area contributed by atoms with Crippen LogP contribution in [0, 0.1) is 5.92 Å². The number of rotatable bonds is 5. The average molecular weight is 292 g/mol. The molecule has 0 saturated carbocycles. The van der Waals surface area contributed by atoms with E-state index in [2.05, 4.69) is 24.5 Å². The summed E-state index contributed by atoms with van der Waals surface area (Å²) >= 11 is 1.46. The number of hydrogen-bond acceptors (Lipinski definition) is 3. The first kappa shape index (κ1) is 14.9. The first-order valence-corrected chi connectivity index (χ1v) is 7.77. The zero-order valence-electron chi connectivity index (χ0n) is 11.8. The van der Waals surface area contributed by atoms with E-state index in [9.17, 15) is 9.59 Å². The standard InChI is InChI=1S/C15H20N2O2S/c1-10(2)7-8-16-14(18)9-13-15(19)17-11-5-3-4-6-12(11)20-13/h3-6,10,13H,7-9H2,1-2H3,(H,16,18)(H,17,19)/t13-/m1/s1. The van der Waals surface area contributed by atoms with Gasteiger partial charge in [0.2, 0.25) is 11.8 Å². The highest BCUT2D eigenvalue weighted by molar-refractivity contribution is 8.01. The third-order valence-electron chi connectivity index (χ3n) is 3.12. The summed E-state index contributed by atoms with van der Waals surface area (Å²) in [6, 6.07) is 7.66. The third kappa shape index (κ3) is 4.00. The minimum absolute atomic E-state index is 0.0577. The van der Waals surface area contributed by atoms with Crippen molar-refractivity contribution in [3.8, 4) is 0 Å². The molecule has 0 spiro atoms. The van der Waals surface area contributed by atoms with Gasteiger partial charge in [-0.2, -0.15) is 0 Å². The molecule has 1 aromatic carbocycles. The first-order valence-electron chi connectivity index (χ1n) is 6.89. The van der Waals surface area contributed by atoms with E-state index in [-0.39, 0.29) is 23.5 Å². The Balaban J connectivity index is 1.87. The molecule has 0 saturated heterocycles. The molecule has 1 heterocycles. The number of nitrogens with one attached hydrogen (secondary N) is 2. The molecule has 2 rings (SSSR count). The fourth-order valence-electron chi connectivity index (χ4n) is 1.97. The molecule has 0 aromatic heterocycles. The number of benzene rings is 1. The van der Waals surface area contributed by atoms with Crippen molar-refractivity contribution < 1.29 is 9.59 Å². The molecule has 1 aromatic rings. The zero-order valence-corrected chi connectivity index (χ0v) is 12.6. The molecule has 2 amide bonds. The number of carbonyl (C=O) groups is 2. The Morgan fingerprint density at radius 1 is 1.40 bits per heavy atom. The SMILES string of the molecule is CC(C)CCNC(=O)C[C@H]1Sc2ccccc2NC1=O. The Morgan fingerprint density at radius 2 is 2.15 bits per heavy atom. The van der Waals surface area contributed by atoms with Gasteiger partial charge >= 0.3 is 0 Å². The van der Waals surface area contributed by atoms with Crippen molar-refractivity contribution >= 4 is 29.3 Å². The van der Waals surface area contributed by atoms with E-state index >= 15 is 0 Å². The smallest absolute Gasteiger partial charge is 0.238 e. The summed E-state index contributed by atoms with van der Waals surface area (Å²) in [7, 11) is 0. The van der Waals surface area contributed by atoms with E-state index in [1.54, 1.807) is 0 Å². The summed E-state index contributed by atoms with van der Waals surface area (Å²) in [5.41, 5.74) is 0.832. The number of amides is 2. The number of thioether (sulfide) groups is 1. The highest BCUT2D eigenvalue weighted by atomic mass is 32.2. The molecule has 1 aliphatic rings. The molecule has 1 atom stereocenters. The van der Waals surface area contributed by atoms with Gasteiger partial charge in [0, 0.05) is 17.9 Å². The van der Waals surface area contributed by atoms with Crippen molar-refractivity contribution in [2.24, 2.45) is 5.92 Å². The Bertz CT molecular complexity index is 502. The molecule has 4 nitrogen and oxygen atoms in total. The highest BCUT2D eigenvalue weighted by Crippen LogP contribution is 2.36. The van der Waals surface area contributed by atoms with Gasteiger partial charge in [-0.1, -0.05) is 26.0 Å². The van der Waals surface area contributed by atoms with Crippen LogP contribution in [-0.4, -0.2) is 23.6 Å². The largest absolute Gasteiger partial charge is 0.356 e. The number of hydrogen-bond donors (Lipinski definition) is 2. The van der Waals surface area contributed by atoms with Gasteiger partial charge in [0.15, 0.2) is 0 Å². The summed E-state index contributed by atoms with van der Waals surface area (Å²) in [6.45, 7) is 4.91. The van der Waals surface area contributed by atoms with E-state index < -0.39 is 0 Å². The molecule has 20 heavy (non-hydrogen) atoms. The van der Waals surface area contributed by atoms with Crippen LogP contribution in [-0.2, 0) is 9.59 Å². The normalized spacial score (nSPS) is 17.6. The van der Waals surface area contributed by atoms with Crippen molar-refractivity contribution in [3.05, 3.63) is 24.3 Å². The molecule has 0 aliphatic carbocycles. The Kier molecular flexibility index (Phi) is 5.06. The monoisotopic (exact) mass is 292 g/mol. The van der Waals surface area contributed by atoms with E-state index in [0.717, 1.165) is 17.0 Å². The second kappa shape index (κ2) is 6.79. The van der Waals surface area contributed by atoms with Crippen LogP contribution in [0.1, 0.15) is 26.7 Å². The molecular weight excluding hydrogens is 272 g/mol. The van der Waals surface area contributed by atoms with Crippen molar-refractivity contribution in [3.63, 3.8) is 0 Å². The van der Waals surface area contributed by atoms with Crippen LogP contribution in [0.3, 0.4) is 0 Å².